The van der Waals surface area contributed by atoms with Crippen molar-refractivity contribution in [3.63, 3.8) is 0 Å². The molecular formula is C12H17NO4. The van der Waals surface area contributed by atoms with Gasteiger partial charge in [0.1, 0.15) is 5.75 Å². The quantitative estimate of drug-likeness (QED) is 0.440. The van der Waals surface area contributed by atoms with Crippen molar-refractivity contribution in [2.75, 3.05) is 32.7 Å². The SMILES string of the molecule is COCCCOC(=O)COc1cccc(N)c1. The smallest absolute Gasteiger partial charge is 0.344 e. The summed E-state index contributed by atoms with van der Waals surface area (Å²) in [5, 5.41) is 0. The molecule has 0 aliphatic carbocycles. The number of nitrogens with two attached hydrogens (primary N) is 1. The Hall–Kier alpha value is -1.75. The standard InChI is InChI=1S/C12H17NO4/c1-15-6-3-7-16-12(14)9-17-11-5-2-4-10(13)8-11/h2,4-5,8H,3,6-7,9,13H2,1H3. The molecule has 0 spiro atoms. The minimum Gasteiger partial charge on any atom is -0.482 e. The summed E-state index contributed by atoms with van der Waals surface area (Å²) in [5.74, 6) is 0.155. The number of ether oxygens (including phenoxy) is 3. The summed E-state index contributed by atoms with van der Waals surface area (Å²) in [7, 11) is 1.60. The molecule has 1 rings (SSSR count). The van der Waals surface area contributed by atoms with Gasteiger partial charge in [0.25, 0.3) is 0 Å². The van der Waals surface area contributed by atoms with Crippen molar-refractivity contribution in [2.24, 2.45) is 0 Å². The van der Waals surface area contributed by atoms with Crippen molar-refractivity contribution in [1.82, 2.24) is 0 Å². The Bertz CT molecular complexity index is 354. The van der Waals surface area contributed by atoms with Crippen LogP contribution in [-0.4, -0.2) is 32.9 Å². The van der Waals surface area contributed by atoms with E-state index in [4.69, 9.17) is 19.9 Å². The fraction of sp³-hybridized carbons (Fsp3) is 0.417. The van der Waals surface area contributed by atoms with Gasteiger partial charge in [-0.05, 0) is 12.1 Å². The maximum atomic E-state index is 11.2. The average Bonchev–Trinajstić information content (AvgIpc) is 2.32. The van der Waals surface area contributed by atoms with Gasteiger partial charge in [0.05, 0.1) is 6.61 Å². The van der Waals surface area contributed by atoms with Gasteiger partial charge in [-0.25, -0.2) is 4.79 Å². The molecule has 5 heteroatoms. The highest BCUT2D eigenvalue weighted by atomic mass is 16.6. The summed E-state index contributed by atoms with van der Waals surface area (Å²) < 4.78 is 15.0. The number of anilines is 1. The summed E-state index contributed by atoms with van der Waals surface area (Å²) in [4.78, 5) is 11.2. The van der Waals surface area contributed by atoms with E-state index in [9.17, 15) is 4.79 Å². The first-order valence-electron chi connectivity index (χ1n) is 5.35. The van der Waals surface area contributed by atoms with Gasteiger partial charge < -0.3 is 19.9 Å². The van der Waals surface area contributed by atoms with E-state index in [-0.39, 0.29) is 6.61 Å². The molecule has 94 valence electrons. The van der Waals surface area contributed by atoms with Crippen molar-refractivity contribution in [3.8, 4) is 5.75 Å². The monoisotopic (exact) mass is 239 g/mol. The molecule has 0 heterocycles. The number of hydrogen-bond acceptors (Lipinski definition) is 5. The average molecular weight is 239 g/mol. The largest absolute Gasteiger partial charge is 0.482 e. The Labute approximate surface area is 100 Å². The van der Waals surface area contributed by atoms with Crippen molar-refractivity contribution < 1.29 is 19.0 Å². The summed E-state index contributed by atoms with van der Waals surface area (Å²) in [6.45, 7) is 0.798. The van der Waals surface area contributed by atoms with Crippen LogP contribution in [0.25, 0.3) is 0 Å². The summed E-state index contributed by atoms with van der Waals surface area (Å²) >= 11 is 0. The number of hydrogen-bond donors (Lipinski definition) is 1. The Morgan fingerprint density at radius 1 is 1.35 bits per heavy atom. The number of benzene rings is 1. The minimum absolute atomic E-state index is 0.115. The van der Waals surface area contributed by atoms with Gasteiger partial charge in [0.15, 0.2) is 6.61 Å². The third-order valence-corrected chi connectivity index (χ3v) is 1.97. The number of esters is 1. The number of rotatable bonds is 7. The van der Waals surface area contributed by atoms with E-state index in [2.05, 4.69) is 0 Å². The van der Waals surface area contributed by atoms with Crippen LogP contribution in [0.4, 0.5) is 5.69 Å². The Balaban J connectivity index is 2.19. The molecule has 0 saturated heterocycles. The molecule has 0 unspecified atom stereocenters. The third kappa shape index (κ3) is 5.77. The van der Waals surface area contributed by atoms with Crippen molar-refractivity contribution >= 4 is 11.7 Å². The number of carbonyl (C=O) groups excluding carboxylic acids is 1. The number of carbonyl (C=O) groups is 1. The summed E-state index contributed by atoms with van der Waals surface area (Å²) in [5.41, 5.74) is 6.16. The second kappa shape index (κ2) is 7.51. The zero-order valence-corrected chi connectivity index (χ0v) is 9.85. The fourth-order valence-electron chi connectivity index (χ4n) is 1.18. The fourth-order valence-corrected chi connectivity index (χ4v) is 1.18. The van der Waals surface area contributed by atoms with E-state index < -0.39 is 5.97 Å². The van der Waals surface area contributed by atoms with Crippen LogP contribution >= 0.6 is 0 Å². The highest BCUT2D eigenvalue weighted by Gasteiger charge is 2.04. The van der Waals surface area contributed by atoms with Crippen molar-refractivity contribution in [1.29, 1.82) is 0 Å². The Morgan fingerprint density at radius 3 is 2.88 bits per heavy atom. The lowest BCUT2D eigenvalue weighted by atomic mass is 10.3. The zero-order valence-electron chi connectivity index (χ0n) is 9.85. The molecule has 0 atom stereocenters. The number of methoxy groups -OCH3 is 1. The van der Waals surface area contributed by atoms with Crippen LogP contribution in [0.1, 0.15) is 6.42 Å². The predicted molar refractivity (Wildman–Crippen MR) is 63.8 cm³/mol. The first-order valence-corrected chi connectivity index (χ1v) is 5.35. The van der Waals surface area contributed by atoms with Crippen molar-refractivity contribution in [2.45, 2.75) is 6.42 Å². The molecule has 0 fully saturated rings. The van der Waals surface area contributed by atoms with Crippen LogP contribution in [0.3, 0.4) is 0 Å². The summed E-state index contributed by atoms with van der Waals surface area (Å²) in [6.07, 6.45) is 0.681. The van der Waals surface area contributed by atoms with Crippen LogP contribution in [0, 0.1) is 0 Å². The molecule has 0 amide bonds. The maximum absolute atomic E-state index is 11.2. The van der Waals surface area contributed by atoms with Crippen LogP contribution in [0.5, 0.6) is 5.75 Å². The molecule has 0 aromatic heterocycles. The van der Waals surface area contributed by atoms with E-state index in [1.807, 2.05) is 0 Å². The third-order valence-electron chi connectivity index (χ3n) is 1.97. The Kier molecular flexibility index (Phi) is 5.88. The second-order valence-electron chi connectivity index (χ2n) is 3.43. The molecule has 0 aliphatic rings. The van der Waals surface area contributed by atoms with Crippen LogP contribution in [-0.2, 0) is 14.3 Å². The van der Waals surface area contributed by atoms with Gasteiger partial charge in [-0.3, -0.25) is 0 Å². The highest BCUT2D eigenvalue weighted by molar-refractivity contribution is 5.71. The highest BCUT2D eigenvalue weighted by Crippen LogP contribution is 2.14. The van der Waals surface area contributed by atoms with E-state index in [1.54, 1.807) is 31.4 Å². The zero-order chi connectivity index (χ0) is 12.5. The van der Waals surface area contributed by atoms with E-state index in [1.165, 1.54) is 0 Å². The topological polar surface area (TPSA) is 70.8 Å². The van der Waals surface area contributed by atoms with Crippen LogP contribution < -0.4 is 10.5 Å². The lowest BCUT2D eigenvalue weighted by molar-refractivity contribution is -0.146. The molecule has 0 saturated carbocycles. The molecule has 0 bridgehead atoms. The van der Waals surface area contributed by atoms with Crippen LogP contribution in [0.15, 0.2) is 24.3 Å². The lowest BCUT2D eigenvalue weighted by Gasteiger charge is -2.07. The molecule has 17 heavy (non-hydrogen) atoms. The lowest BCUT2D eigenvalue weighted by Crippen LogP contribution is -2.16. The van der Waals surface area contributed by atoms with E-state index in [0.29, 0.717) is 31.1 Å². The molecule has 2 N–H and O–H groups in total. The second-order valence-corrected chi connectivity index (χ2v) is 3.43. The van der Waals surface area contributed by atoms with Gasteiger partial charge in [-0.1, -0.05) is 6.07 Å². The Morgan fingerprint density at radius 2 is 2.18 bits per heavy atom. The molecular weight excluding hydrogens is 222 g/mol. The molecule has 0 aliphatic heterocycles. The minimum atomic E-state index is -0.400. The molecule has 5 nitrogen and oxygen atoms in total. The van der Waals surface area contributed by atoms with Gasteiger partial charge in [0, 0.05) is 31.9 Å². The molecule has 1 aromatic carbocycles. The van der Waals surface area contributed by atoms with Crippen molar-refractivity contribution in [3.05, 3.63) is 24.3 Å². The first-order chi connectivity index (χ1) is 8.22. The molecule has 0 radical (unpaired) electrons. The number of nitrogen functional groups attached to an aromatic ring is 1. The van der Waals surface area contributed by atoms with Gasteiger partial charge in [-0.2, -0.15) is 0 Å². The predicted octanol–water partition coefficient (Wildman–Crippen LogP) is 1.23. The normalized spacial score (nSPS) is 9.94. The van der Waals surface area contributed by atoms with Gasteiger partial charge in [-0.15, -0.1) is 0 Å². The maximum Gasteiger partial charge on any atom is 0.344 e. The van der Waals surface area contributed by atoms with Gasteiger partial charge in [0.2, 0.25) is 0 Å². The first kappa shape index (κ1) is 13.3. The van der Waals surface area contributed by atoms with Gasteiger partial charge >= 0.3 is 5.97 Å². The van der Waals surface area contributed by atoms with Crippen LogP contribution in [0.2, 0.25) is 0 Å². The molecule has 1 aromatic rings. The summed E-state index contributed by atoms with van der Waals surface area (Å²) in [6, 6.07) is 6.89. The van der Waals surface area contributed by atoms with E-state index in [0.717, 1.165) is 0 Å². The van der Waals surface area contributed by atoms with E-state index >= 15 is 0 Å².